The molecule has 0 unspecified atom stereocenters. The van der Waals surface area contributed by atoms with E-state index >= 15 is 0 Å². The molecule has 0 radical (unpaired) electrons. The largest absolute Gasteiger partial charge is 0.478 e. The van der Waals surface area contributed by atoms with E-state index in [1.165, 1.54) is 43.4 Å². The Balaban J connectivity index is 0.00000289. The van der Waals surface area contributed by atoms with Crippen LogP contribution in [-0.4, -0.2) is 33.1 Å². The summed E-state index contributed by atoms with van der Waals surface area (Å²) < 4.78 is 1.99. The molecular weight excluding hydrogens is 424 g/mol. The van der Waals surface area contributed by atoms with Crippen LogP contribution in [0, 0.1) is 5.92 Å². The van der Waals surface area contributed by atoms with E-state index in [0.29, 0.717) is 30.0 Å². The molecule has 2 heterocycles. The first-order valence-electron chi connectivity index (χ1n) is 11.7. The quantitative estimate of drug-likeness (QED) is 0.567. The predicted molar refractivity (Wildman–Crippen MR) is 130 cm³/mol. The van der Waals surface area contributed by atoms with Crippen LogP contribution < -0.4 is 5.56 Å². The monoisotopic (exact) mass is 458 g/mol. The third-order valence-electron chi connectivity index (χ3n) is 6.77. The normalized spacial score (nSPS) is 18.7. The molecule has 1 saturated heterocycles. The number of hydrogen-bond donors (Lipinski definition) is 1. The van der Waals surface area contributed by atoms with Crippen LogP contribution in [0.4, 0.5) is 0 Å². The fraction of sp³-hybridized carbons (Fsp3) is 0.538. The molecule has 6 heteroatoms. The van der Waals surface area contributed by atoms with Crippen molar-refractivity contribution < 1.29 is 9.90 Å². The van der Waals surface area contributed by atoms with Gasteiger partial charge in [0.1, 0.15) is 0 Å². The molecule has 1 atom stereocenters. The summed E-state index contributed by atoms with van der Waals surface area (Å²) in [6.45, 7) is 7.18. The van der Waals surface area contributed by atoms with Gasteiger partial charge >= 0.3 is 5.97 Å². The lowest BCUT2D eigenvalue weighted by Crippen LogP contribution is -2.34. The average Bonchev–Trinajstić information content (AvgIpc) is 3.49. The first-order valence-corrected chi connectivity index (χ1v) is 11.7. The standard InChI is InChI=1S/C26H34N2O3.ClH/c1-18(2)16-22-4-3-14-27(22)17-24-23(20-9-10-20)11-12-25(29)28(24)15-13-19-5-7-21(8-6-19)26(30)31;/h5-8,11-12,18,20,22H,3-4,9-10,13-17H2,1-2H3,(H,30,31);1H/t22-;/m1./s1. The van der Waals surface area contributed by atoms with Crippen LogP contribution in [-0.2, 0) is 19.5 Å². The molecule has 2 aliphatic rings. The highest BCUT2D eigenvalue weighted by Crippen LogP contribution is 2.42. The van der Waals surface area contributed by atoms with Gasteiger partial charge in [0.25, 0.3) is 5.56 Å². The minimum atomic E-state index is -0.913. The second-order valence-corrected chi connectivity index (χ2v) is 9.65. The SMILES string of the molecule is CC(C)C[C@H]1CCCN1Cc1c(C2CC2)ccc(=O)n1CCc1ccc(C(=O)O)cc1.Cl. The first-order chi connectivity index (χ1) is 14.9. The molecule has 5 nitrogen and oxygen atoms in total. The average molecular weight is 459 g/mol. The van der Waals surface area contributed by atoms with Gasteiger partial charge in [-0.3, -0.25) is 9.69 Å². The molecule has 4 rings (SSSR count). The Morgan fingerprint density at radius 3 is 2.44 bits per heavy atom. The Morgan fingerprint density at radius 2 is 1.81 bits per heavy atom. The second kappa shape index (κ2) is 10.7. The van der Waals surface area contributed by atoms with Crippen LogP contribution in [0.5, 0.6) is 0 Å². The Hall–Kier alpha value is -2.11. The summed E-state index contributed by atoms with van der Waals surface area (Å²) in [5, 5.41) is 9.11. The van der Waals surface area contributed by atoms with Crippen molar-refractivity contribution in [2.75, 3.05) is 6.54 Å². The molecule has 0 spiro atoms. The van der Waals surface area contributed by atoms with Gasteiger partial charge < -0.3 is 9.67 Å². The second-order valence-electron chi connectivity index (χ2n) is 9.65. The van der Waals surface area contributed by atoms with Crippen molar-refractivity contribution in [3.8, 4) is 0 Å². The fourth-order valence-corrected chi connectivity index (χ4v) is 4.99. The summed E-state index contributed by atoms with van der Waals surface area (Å²) in [6.07, 6.45) is 6.86. The van der Waals surface area contributed by atoms with E-state index in [1.54, 1.807) is 18.2 Å². The number of aryl methyl sites for hydroxylation is 1. The van der Waals surface area contributed by atoms with Crippen LogP contribution >= 0.6 is 12.4 Å². The number of aromatic carboxylic acids is 1. The lowest BCUT2D eigenvalue weighted by atomic mass is 10.0. The van der Waals surface area contributed by atoms with E-state index in [4.69, 9.17) is 5.11 Å². The van der Waals surface area contributed by atoms with Crippen molar-refractivity contribution in [3.63, 3.8) is 0 Å². The summed E-state index contributed by atoms with van der Waals surface area (Å²) >= 11 is 0. The van der Waals surface area contributed by atoms with Crippen molar-refractivity contribution >= 4 is 18.4 Å². The Labute approximate surface area is 196 Å². The summed E-state index contributed by atoms with van der Waals surface area (Å²) in [5.74, 6) is 0.367. The van der Waals surface area contributed by atoms with Crippen molar-refractivity contribution in [1.82, 2.24) is 9.47 Å². The van der Waals surface area contributed by atoms with Gasteiger partial charge in [0.05, 0.1) is 5.56 Å². The molecule has 1 saturated carbocycles. The minimum Gasteiger partial charge on any atom is -0.478 e. The van der Waals surface area contributed by atoms with E-state index in [1.807, 2.05) is 16.7 Å². The molecule has 174 valence electrons. The summed E-state index contributed by atoms with van der Waals surface area (Å²) in [4.78, 5) is 26.6. The zero-order chi connectivity index (χ0) is 22.0. The Morgan fingerprint density at radius 1 is 1.09 bits per heavy atom. The number of benzene rings is 1. The van der Waals surface area contributed by atoms with E-state index in [-0.39, 0.29) is 18.0 Å². The highest BCUT2D eigenvalue weighted by atomic mass is 35.5. The van der Waals surface area contributed by atoms with Gasteiger partial charge in [0.15, 0.2) is 0 Å². The van der Waals surface area contributed by atoms with Crippen molar-refractivity contribution in [3.05, 3.63) is 69.1 Å². The van der Waals surface area contributed by atoms with Crippen LogP contribution in [0.3, 0.4) is 0 Å². The topological polar surface area (TPSA) is 62.5 Å². The first kappa shape index (κ1) is 24.5. The number of halogens is 1. The van der Waals surface area contributed by atoms with Gasteiger partial charge in [-0.15, -0.1) is 12.4 Å². The summed E-state index contributed by atoms with van der Waals surface area (Å²) in [7, 11) is 0. The number of likely N-dealkylation sites (tertiary alicyclic amines) is 1. The van der Waals surface area contributed by atoms with Crippen LogP contribution in [0.25, 0.3) is 0 Å². The van der Waals surface area contributed by atoms with Crippen molar-refractivity contribution in [2.24, 2.45) is 5.92 Å². The molecule has 1 aromatic carbocycles. The van der Waals surface area contributed by atoms with Gasteiger partial charge in [0.2, 0.25) is 0 Å². The van der Waals surface area contributed by atoms with Crippen LogP contribution in [0.1, 0.15) is 79.0 Å². The molecule has 0 amide bonds. The number of hydrogen-bond acceptors (Lipinski definition) is 3. The maximum absolute atomic E-state index is 12.9. The molecule has 0 bridgehead atoms. The number of carbonyl (C=O) groups is 1. The molecule has 1 aliphatic carbocycles. The van der Waals surface area contributed by atoms with E-state index in [2.05, 4.69) is 24.8 Å². The van der Waals surface area contributed by atoms with Gasteiger partial charge in [-0.2, -0.15) is 0 Å². The lowest BCUT2D eigenvalue weighted by molar-refractivity contribution is 0.0697. The van der Waals surface area contributed by atoms with E-state index in [9.17, 15) is 9.59 Å². The Kier molecular flexibility index (Phi) is 8.18. The lowest BCUT2D eigenvalue weighted by Gasteiger charge is -2.28. The van der Waals surface area contributed by atoms with E-state index in [0.717, 1.165) is 25.1 Å². The molecule has 1 aromatic heterocycles. The maximum Gasteiger partial charge on any atom is 0.335 e. The highest BCUT2D eigenvalue weighted by Gasteiger charge is 2.31. The Bertz CT molecular complexity index is 980. The van der Waals surface area contributed by atoms with Crippen LogP contribution in [0.15, 0.2) is 41.2 Å². The third kappa shape index (κ3) is 5.81. The zero-order valence-electron chi connectivity index (χ0n) is 19.1. The number of aromatic nitrogens is 1. The smallest absolute Gasteiger partial charge is 0.335 e. The van der Waals surface area contributed by atoms with E-state index < -0.39 is 5.97 Å². The zero-order valence-corrected chi connectivity index (χ0v) is 19.9. The predicted octanol–water partition coefficient (Wildman–Crippen LogP) is 5.10. The molecule has 1 N–H and O–H groups in total. The summed E-state index contributed by atoms with van der Waals surface area (Å²) in [6, 6.07) is 11.4. The minimum absolute atomic E-state index is 0. The summed E-state index contributed by atoms with van der Waals surface area (Å²) in [5.41, 5.74) is 3.98. The van der Waals surface area contributed by atoms with Gasteiger partial charge in [-0.05, 0) is 80.2 Å². The molecule has 1 aliphatic heterocycles. The van der Waals surface area contributed by atoms with Crippen LogP contribution in [0.2, 0.25) is 0 Å². The number of carboxylic acid groups (broad SMARTS) is 1. The van der Waals surface area contributed by atoms with Crippen molar-refractivity contribution in [1.29, 1.82) is 0 Å². The molecule has 2 aromatic rings. The maximum atomic E-state index is 12.9. The molecule has 2 fully saturated rings. The van der Waals surface area contributed by atoms with Crippen molar-refractivity contribution in [2.45, 2.75) is 77.4 Å². The fourth-order valence-electron chi connectivity index (χ4n) is 4.99. The van der Waals surface area contributed by atoms with Gasteiger partial charge in [-0.25, -0.2) is 4.79 Å². The molecule has 32 heavy (non-hydrogen) atoms. The number of carboxylic acids is 1. The number of rotatable bonds is 9. The number of nitrogens with zero attached hydrogens (tertiary/aromatic N) is 2. The third-order valence-corrected chi connectivity index (χ3v) is 6.77. The van der Waals surface area contributed by atoms with Gasteiger partial charge in [-0.1, -0.05) is 32.0 Å². The van der Waals surface area contributed by atoms with Gasteiger partial charge in [0, 0.05) is 30.9 Å². The highest BCUT2D eigenvalue weighted by molar-refractivity contribution is 5.87. The molecular formula is C26H35ClN2O3. The number of pyridine rings is 1.